The van der Waals surface area contributed by atoms with Crippen LogP contribution in [0.25, 0.3) is 0 Å². The largest absolute Gasteiger partial charge is 0.327 e. The monoisotopic (exact) mass is 192 g/mol. The predicted octanol–water partition coefficient (Wildman–Crippen LogP) is -0.385. The van der Waals surface area contributed by atoms with Gasteiger partial charge < -0.3 is 5.73 Å². The molecular weight excluding hydrogens is 176 g/mol. The van der Waals surface area contributed by atoms with Crippen molar-refractivity contribution in [2.45, 2.75) is 19.4 Å². The van der Waals surface area contributed by atoms with Gasteiger partial charge in [0.05, 0.1) is 6.26 Å². The Kier molecular flexibility index (Phi) is 2.75. The van der Waals surface area contributed by atoms with Gasteiger partial charge in [-0.15, -0.1) is 0 Å². The number of piperidine rings is 1. The molecule has 0 aliphatic carbocycles. The summed E-state index contributed by atoms with van der Waals surface area (Å²) >= 11 is 0. The van der Waals surface area contributed by atoms with E-state index in [9.17, 15) is 8.42 Å². The summed E-state index contributed by atoms with van der Waals surface area (Å²) in [5.74, 6) is 0.272. The fourth-order valence-electron chi connectivity index (χ4n) is 1.43. The van der Waals surface area contributed by atoms with Gasteiger partial charge >= 0.3 is 0 Å². The van der Waals surface area contributed by atoms with Crippen molar-refractivity contribution in [2.24, 2.45) is 11.7 Å². The molecule has 0 saturated carbocycles. The van der Waals surface area contributed by atoms with Gasteiger partial charge in [0.1, 0.15) is 0 Å². The summed E-state index contributed by atoms with van der Waals surface area (Å²) in [4.78, 5) is 0. The molecule has 1 fully saturated rings. The molecule has 2 atom stereocenters. The van der Waals surface area contributed by atoms with Gasteiger partial charge in [-0.25, -0.2) is 12.7 Å². The molecule has 2 N–H and O–H groups in total. The minimum atomic E-state index is -3.00. The van der Waals surface area contributed by atoms with Crippen LogP contribution in [0.1, 0.15) is 13.3 Å². The van der Waals surface area contributed by atoms with Crippen molar-refractivity contribution >= 4 is 10.0 Å². The second-order valence-corrected chi connectivity index (χ2v) is 5.53. The van der Waals surface area contributed by atoms with E-state index >= 15 is 0 Å². The highest BCUT2D eigenvalue weighted by Crippen LogP contribution is 2.16. The summed E-state index contributed by atoms with van der Waals surface area (Å²) in [5.41, 5.74) is 5.76. The van der Waals surface area contributed by atoms with Gasteiger partial charge in [-0.3, -0.25) is 0 Å². The first kappa shape index (κ1) is 9.95. The van der Waals surface area contributed by atoms with Crippen LogP contribution in [0.4, 0.5) is 0 Å². The van der Waals surface area contributed by atoms with E-state index in [-0.39, 0.29) is 12.0 Å². The Hall–Kier alpha value is -0.130. The Bertz CT molecular complexity index is 250. The van der Waals surface area contributed by atoms with Crippen molar-refractivity contribution in [3.63, 3.8) is 0 Å². The number of nitrogens with zero attached hydrogens (tertiary/aromatic N) is 1. The summed E-state index contributed by atoms with van der Waals surface area (Å²) < 4.78 is 23.7. The number of sulfonamides is 1. The quantitative estimate of drug-likeness (QED) is 0.615. The SMILES string of the molecule is C[C@@H]1CN(S(C)(=O)=O)CC[C@@H]1N. The van der Waals surface area contributed by atoms with Crippen molar-refractivity contribution in [2.75, 3.05) is 19.3 Å². The number of hydrogen-bond donors (Lipinski definition) is 1. The average molecular weight is 192 g/mol. The summed E-state index contributed by atoms with van der Waals surface area (Å²) in [6.45, 7) is 3.13. The van der Waals surface area contributed by atoms with E-state index in [0.717, 1.165) is 6.42 Å². The molecule has 1 saturated heterocycles. The molecule has 1 rings (SSSR count). The van der Waals surface area contributed by atoms with Gasteiger partial charge in [-0.2, -0.15) is 0 Å². The Morgan fingerprint density at radius 3 is 2.50 bits per heavy atom. The first-order valence-corrected chi connectivity index (χ1v) is 5.97. The third-order valence-electron chi connectivity index (χ3n) is 2.40. The zero-order valence-corrected chi connectivity index (χ0v) is 8.34. The van der Waals surface area contributed by atoms with E-state index in [4.69, 9.17) is 5.73 Å². The first-order valence-electron chi connectivity index (χ1n) is 4.12. The van der Waals surface area contributed by atoms with E-state index in [1.807, 2.05) is 6.92 Å². The lowest BCUT2D eigenvalue weighted by atomic mass is 9.96. The predicted molar refractivity (Wildman–Crippen MR) is 48.2 cm³/mol. The van der Waals surface area contributed by atoms with E-state index in [1.54, 1.807) is 0 Å². The van der Waals surface area contributed by atoms with E-state index < -0.39 is 10.0 Å². The first-order chi connectivity index (χ1) is 5.41. The van der Waals surface area contributed by atoms with Crippen molar-refractivity contribution in [1.29, 1.82) is 0 Å². The molecule has 0 bridgehead atoms. The molecule has 0 unspecified atom stereocenters. The maximum Gasteiger partial charge on any atom is 0.211 e. The lowest BCUT2D eigenvalue weighted by molar-refractivity contribution is 0.251. The van der Waals surface area contributed by atoms with Crippen LogP contribution in [0.5, 0.6) is 0 Å². The molecule has 72 valence electrons. The fraction of sp³-hybridized carbons (Fsp3) is 1.00. The van der Waals surface area contributed by atoms with Gasteiger partial charge in [-0.1, -0.05) is 6.92 Å². The third kappa shape index (κ3) is 2.18. The highest BCUT2D eigenvalue weighted by atomic mass is 32.2. The van der Waals surface area contributed by atoms with Gasteiger partial charge in [0.25, 0.3) is 0 Å². The Morgan fingerprint density at radius 2 is 2.08 bits per heavy atom. The highest BCUT2D eigenvalue weighted by molar-refractivity contribution is 7.88. The summed E-state index contributed by atoms with van der Waals surface area (Å²) in [5, 5.41) is 0. The molecule has 4 nitrogen and oxygen atoms in total. The van der Waals surface area contributed by atoms with Crippen LogP contribution in [0.3, 0.4) is 0 Å². The molecule has 0 aromatic heterocycles. The smallest absolute Gasteiger partial charge is 0.211 e. The molecule has 0 radical (unpaired) electrons. The Balaban J connectivity index is 2.64. The molecule has 0 amide bonds. The summed E-state index contributed by atoms with van der Waals surface area (Å²) in [6, 6.07) is 0.156. The number of nitrogens with two attached hydrogens (primary N) is 1. The van der Waals surface area contributed by atoms with Crippen molar-refractivity contribution in [1.82, 2.24) is 4.31 Å². The summed E-state index contributed by atoms with van der Waals surface area (Å²) in [6.07, 6.45) is 2.02. The Labute approximate surface area is 73.8 Å². The second kappa shape index (κ2) is 3.32. The van der Waals surface area contributed by atoms with Crippen LogP contribution in [0.2, 0.25) is 0 Å². The summed E-state index contributed by atoms with van der Waals surface area (Å²) in [7, 11) is -3.00. The molecular formula is C7H16N2O2S. The maximum absolute atomic E-state index is 11.1. The van der Waals surface area contributed by atoms with Crippen molar-refractivity contribution in [3.05, 3.63) is 0 Å². The lowest BCUT2D eigenvalue weighted by Gasteiger charge is -2.33. The maximum atomic E-state index is 11.1. The zero-order chi connectivity index (χ0) is 9.35. The highest BCUT2D eigenvalue weighted by Gasteiger charge is 2.27. The van der Waals surface area contributed by atoms with E-state index in [2.05, 4.69) is 0 Å². The minimum Gasteiger partial charge on any atom is -0.327 e. The molecule has 5 heteroatoms. The van der Waals surface area contributed by atoms with Crippen LogP contribution in [-0.2, 0) is 10.0 Å². The van der Waals surface area contributed by atoms with Crippen LogP contribution in [0.15, 0.2) is 0 Å². The lowest BCUT2D eigenvalue weighted by Crippen LogP contribution is -2.47. The molecule has 1 heterocycles. The third-order valence-corrected chi connectivity index (χ3v) is 3.67. The average Bonchev–Trinajstić information content (AvgIpc) is 1.92. The molecule has 0 spiro atoms. The number of rotatable bonds is 1. The minimum absolute atomic E-state index is 0.156. The van der Waals surface area contributed by atoms with Gasteiger partial charge in [0, 0.05) is 19.1 Å². The van der Waals surface area contributed by atoms with Gasteiger partial charge in [-0.05, 0) is 12.3 Å². The van der Waals surface area contributed by atoms with Crippen molar-refractivity contribution < 1.29 is 8.42 Å². The number of hydrogen-bond acceptors (Lipinski definition) is 3. The van der Waals surface area contributed by atoms with Crippen molar-refractivity contribution in [3.8, 4) is 0 Å². The molecule has 12 heavy (non-hydrogen) atoms. The molecule has 1 aliphatic heterocycles. The van der Waals surface area contributed by atoms with Crippen LogP contribution in [-0.4, -0.2) is 38.1 Å². The molecule has 0 aromatic carbocycles. The topological polar surface area (TPSA) is 63.4 Å². The van der Waals surface area contributed by atoms with E-state index in [1.165, 1.54) is 10.6 Å². The van der Waals surface area contributed by atoms with Crippen LogP contribution >= 0.6 is 0 Å². The Morgan fingerprint density at radius 1 is 1.50 bits per heavy atom. The van der Waals surface area contributed by atoms with Crippen LogP contribution in [0, 0.1) is 5.92 Å². The fourth-order valence-corrected chi connectivity index (χ4v) is 2.37. The van der Waals surface area contributed by atoms with Gasteiger partial charge in [0.2, 0.25) is 10.0 Å². The molecule has 1 aliphatic rings. The zero-order valence-electron chi connectivity index (χ0n) is 7.53. The van der Waals surface area contributed by atoms with Gasteiger partial charge in [0.15, 0.2) is 0 Å². The normalized spacial score (nSPS) is 33.6. The second-order valence-electron chi connectivity index (χ2n) is 3.55. The molecule has 0 aromatic rings. The van der Waals surface area contributed by atoms with Crippen LogP contribution < -0.4 is 5.73 Å². The standard InChI is InChI=1S/C7H16N2O2S/c1-6-5-9(12(2,10)11)4-3-7(6)8/h6-7H,3-5,8H2,1-2H3/t6-,7+/m1/s1. The van der Waals surface area contributed by atoms with E-state index in [0.29, 0.717) is 13.1 Å².